The number of likely N-dealkylation sites (N-methyl/N-ethyl adjacent to an activating group) is 1. The highest BCUT2D eigenvalue weighted by Crippen LogP contribution is 2.37. The van der Waals surface area contributed by atoms with E-state index in [2.05, 4.69) is 59.5 Å². The van der Waals surface area contributed by atoms with E-state index in [0.29, 0.717) is 57.0 Å². The predicted octanol–water partition coefficient (Wildman–Crippen LogP) is 4.01. The van der Waals surface area contributed by atoms with Crippen molar-refractivity contribution in [2.24, 2.45) is 0 Å². The van der Waals surface area contributed by atoms with Crippen molar-refractivity contribution < 1.29 is 13.2 Å². The quantitative estimate of drug-likeness (QED) is 0.208. The van der Waals surface area contributed by atoms with Gasteiger partial charge in [-0.2, -0.15) is 4.98 Å². The van der Waals surface area contributed by atoms with Crippen molar-refractivity contribution in [3.63, 3.8) is 0 Å². The first-order valence-electron chi connectivity index (χ1n) is 16.1. The summed E-state index contributed by atoms with van der Waals surface area (Å²) in [6, 6.07) is 12.2. The molecule has 3 aromatic heterocycles. The van der Waals surface area contributed by atoms with Crippen LogP contribution < -0.4 is 24.6 Å². The molecule has 0 aliphatic carbocycles. The summed E-state index contributed by atoms with van der Waals surface area (Å²) in [7, 11) is 1.74. The van der Waals surface area contributed by atoms with Crippen molar-refractivity contribution in [1.82, 2.24) is 34.7 Å². The number of H-pyrrole nitrogens is 1. The zero-order chi connectivity index (χ0) is 33.4. The Morgan fingerprint density at radius 1 is 0.917 bits per heavy atom. The number of rotatable bonds is 9. The molecule has 2 saturated heterocycles. The molecule has 0 bridgehead atoms. The van der Waals surface area contributed by atoms with Crippen LogP contribution in [0.2, 0.25) is 0 Å². The Bertz CT molecular complexity index is 2040. The lowest BCUT2D eigenvalue weighted by Crippen LogP contribution is -2.52. The van der Waals surface area contributed by atoms with Gasteiger partial charge in [0, 0.05) is 82.7 Å². The molecule has 0 amide bonds. The summed E-state index contributed by atoms with van der Waals surface area (Å²) in [5, 5.41) is 6.69. The Balaban J connectivity index is 1.14. The number of aromatic amines is 1. The Morgan fingerprint density at radius 2 is 1.67 bits per heavy atom. The second-order valence-corrected chi connectivity index (χ2v) is 14.5. The van der Waals surface area contributed by atoms with Crippen LogP contribution in [0.4, 0.5) is 34.5 Å². The zero-order valence-electron chi connectivity index (χ0n) is 27.6. The van der Waals surface area contributed by atoms with Gasteiger partial charge >= 0.3 is 0 Å². The van der Waals surface area contributed by atoms with Crippen molar-refractivity contribution >= 4 is 66.6 Å². The van der Waals surface area contributed by atoms with E-state index in [-0.39, 0.29) is 0 Å². The van der Waals surface area contributed by atoms with Crippen LogP contribution in [0, 0.1) is 0 Å². The molecule has 2 aliphatic heterocycles. The van der Waals surface area contributed by atoms with E-state index in [1.165, 1.54) is 17.5 Å². The summed E-state index contributed by atoms with van der Waals surface area (Å²) in [6.45, 7) is 6.60. The van der Waals surface area contributed by atoms with Gasteiger partial charge in [-0.15, -0.1) is 0 Å². The highest BCUT2D eigenvalue weighted by molar-refractivity contribution is 7.92. The Hall–Kier alpha value is -4.73. The standard InChI is InChI=1S/C33H41N11O3S/c1-41-17-19-44(20-18-41)22-10-15-43(16-11-22)23-5-6-24(28(21-23)47-3)38-33-39-26-9-12-35-30(26)32(40-33)37-27-8-7-25-29(36-14-13-34-25)31(27)42(2)48(4,45)46/h5-9,12-14,21-22,35H,10-11,15-20H2,1-4H3,(H2,37,38,39,40). The van der Waals surface area contributed by atoms with E-state index in [9.17, 15) is 8.42 Å². The fourth-order valence-electron chi connectivity index (χ4n) is 6.60. The molecule has 48 heavy (non-hydrogen) atoms. The molecule has 0 saturated carbocycles. The average Bonchev–Trinajstić information content (AvgIpc) is 3.57. The summed E-state index contributed by atoms with van der Waals surface area (Å²) in [6.07, 6.45) is 8.35. The number of benzene rings is 2. The molecule has 252 valence electrons. The summed E-state index contributed by atoms with van der Waals surface area (Å²) >= 11 is 0. The molecule has 2 fully saturated rings. The minimum Gasteiger partial charge on any atom is -0.494 e. The number of aromatic nitrogens is 5. The van der Waals surface area contributed by atoms with Gasteiger partial charge in [0.25, 0.3) is 0 Å². The molecule has 3 N–H and O–H groups in total. The summed E-state index contributed by atoms with van der Waals surface area (Å²) in [5.41, 5.74) is 5.06. The van der Waals surface area contributed by atoms with E-state index in [1.54, 1.807) is 31.6 Å². The number of nitrogens with zero attached hydrogens (tertiary/aromatic N) is 8. The summed E-state index contributed by atoms with van der Waals surface area (Å²) in [4.78, 5) is 29.0. The van der Waals surface area contributed by atoms with Crippen LogP contribution in [0.25, 0.3) is 22.1 Å². The Kier molecular flexibility index (Phi) is 8.66. The molecule has 0 atom stereocenters. The van der Waals surface area contributed by atoms with E-state index >= 15 is 0 Å². The Morgan fingerprint density at radius 3 is 2.42 bits per heavy atom. The van der Waals surface area contributed by atoms with Crippen LogP contribution >= 0.6 is 0 Å². The third kappa shape index (κ3) is 6.40. The maximum atomic E-state index is 12.7. The number of anilines is 6. The molecular formula is C33H41N11O3S. The van der Waals surface area contributed by atoms with Crippen molar-refractivity contribution in [2.45, 2.75) is 18.9 Å². The van der Waals surface area contributed by atoms with Crippen molar-refractivity contribution in [3.05, 3.63) is 55.0 Å². The van der Waals surface area contributed by atoms with Crippen molar-refractivity contribution in [1.29, 1.82) is 0 Å². The highest BCUT2D eigenvalue weighted by atomic mass is 32.2. The van der Waals surface area contributed by atoms with Crippen LogP contribution in [-0.4, -0.2) is 116 Å². The fraction of sp³-hybridized carbons (Fsp3) is 0.394. The van der Waals surface area contributed by atoms with Gasteiger partial charge < -0.3 is 30.2 Å². The van der Waals surface area contributed by atoms with Gasteiger partial charge in [-0.05, 0) is 50.2 Å². The van der Waals surface area contributed by atoms with Crippen LogP contribution in [0.3, 0.4) is 0 Å². The van der Waals surface area contributed by atoms with Crippen LogP contribution in [0.15, 0.2) is 55.0 Å². The molecule has 0 unspecified atom stereocenters. The second-order valence-electron chi connectivity index (χ2n) is 12.4. The van der Waals surface area contributed by atoms with Crippen LogP contribution in [0.5, 0.6) is 5.75 Å². The number of nitrogens with one attached hydrogen (secondary N) is 3. The zero-order valence-corrected chi connectivity index (χ0v) is 28.5. The Labute approximate surface area is 280 Å². The van der Waals surface area contributed by atoms with E-state index in [1.807, 2.05) is 12.1 Å². The van der Waals surface area contributed by atoms with E-state index < -0.39 is 10.0 Å². The average molecular weight is 672 g/mol. The van der Waals surface area contributed by atoms with Gasteiger partial charge in [0.2, 0.25) is 16.0 Å². The lowest BCUT2D eigenvalue weighted by Gasteiger charge is -2.42. The number of piperidine rings is 1. The number of fused-ring (bicyclic) bond motifs is 2. The first-order chi connectivity index (χ1) is 23.2. The number of piperazine rings is 1. The number of ether oxygens (including phenoxy) is 1. The third-order valence-electron chi connectivity index (χ3n) is 9.40. The fourth-order valence-corrected chi connectivity index (χ4v) is 7.12. The van der Waals surface area contributed by atoms with Crippen LogP contribution in [0.1, 0.15) is 12.8 Å². The molecule has 5 aromatic rings. The molecule has 15 heteroatoms. The minimum atomic E-state index is -3.62. The smallest absolute Gasteiger partial charge is 0.232 e. The molecule has 0 spiro atoms. The number of methoxy groups -OCH3 is 1. The van der Waals surface area contributed by atoms with E-state index in [4.69, 9.17) is 14.7 Å². The second kappa shape index (κ2) is 13.1. The van der Waals surface area contributed by atoms with E-state index in [0.717, 1.165) is 69.7 Å². The van der Waals surface area contributed by atoms with Gasteiger partial charge in [0.1, 0.15) is 22.5 Å². The minimum absolute atomic E-state index is 0.349. The molecule has 2 aliphatic rings. The third-order valence-corrected chi connectivity index (χ3v) is 10.6. The lowest BCUT2D eigenvalue weighted by atomic mass is 10.0. The van der Waals surface area contributed by atoms with Gasteiger partial charge in [-0.3, -0.25) is 19.2 Å². The van der Waals surface area contributed by atoms with Crippen LogP contribution in [-0.2, 0) is 10.0 Å². The number of sulfonamides is 1. The molecule has 5 heterocycles. The summed E-state index contributed by atoms with van der Waals surface area (Å²) < 4.78 is 32.4. The normalized spacial score (nSPS) is 16.8. The topological polar surface area (TPSA) is 148 Å². The molecule has 7 rings (SSSR count). The molecule has 14 nitrogen and oxygen atoms in total. The first-order valence-corrected chi connectivity index (χ1v) is 17.9. The number of hydrogen-bond acceptors (Lipinski definition) is 12. The predicted molar refractivity (Wildman–Crippen MR) is 191 cm³/mol. The highest BCUT2D eigenvalue weighted by Gasteiger charge is 2.27. The SMILES string of the molecule is COc1cc(N2CCC(N3CCN(C)CC3)CC2)ccc1Nc1nc(Nc2ccc3nccnc3c2N(C)S(C)(=O)=O)c2[nH]ccc2n1. The first kappa shape index (κ1) is 31.8. The van der Waals surface area contributed by atoms with Gasteiger partial charge in [0.05, 0.1) is 35.8 Å². The lowest BCUT2D eigenvalue weighted by molar-refractivity contribution is 0.0982. The van der Waals surface area contributed by atoms with Gasteiger partial charge in [0.15, 0.2) is 5.82 Å². The van der Waals surface area contributed by atoms with Crippen molar-refractivity contribution in [2.75, 3.05) is 86.6 Å². The van der Waals surface area contributed by atoms with Gasteiger partial charge in [-0.1, -0.05) is 0 Å². The largest absolute Gasteiger partial charge is 0.494 e. The molecule has 2 aromatic carbocycles. The molecule has 0 radical (unpaired) electrons. The maximum Gasteiger partial charge on any atom is 0.232 e. The summed E-state index contributed by atoms with van der Waals surface area (Å²) in [5.74, 6) is 1.49. The van der Waals surface area contributed by atoms with Gasteiger partial charge in [-0.25, -0.2) is 13.4 Å². The monoisotopic (exact) mass is 671 g/mol. The van der Waals surface area contributed by atoms with Crippen molar-refractivity contribution in [3.8, 4) is 5.75 Å². The molecular weight excluding hydrogens is 631 g/mol. The number of hydrogen-bond donors (Lipinski definition) is 3. The maximum absolute atomic E-state index is 12.7.